The van der Waals surface area contributed by atoms with Gasteiger partial charge in [-0.05, 0) is 92.7 Å². The van der Waals surface area contributed by atoms with E-state index in [2.05, 4.69) is 16.7 Å². The first kappa shape index (κ1) is 30.4. The van der Waals surface area contributed by atoms with Crippen molar-refractivity contribution >= 4 is 11.7 Å². The van der Waals surface area contributed by atoms with Crippen LogP contribution < -0.4 is 4.90 Å². The summed E-state index contributed by atoms with van der Waals surface area (Å²) in [4.78, 5) is 22.4. The Morgan fingerprint density at radius 1 is 0.891 bits per heavy atom. The number of likely N-dealkylation sites (tertiary alicyclic amines) is 2. The number of hydrogen-bond acceptors (Lipinski definition) is 5. The number of carbonyl (C=O) groups excluding carboxylic acids is 1. The monoisotopic (exact) mass is 633 g/mol. The molecule has 9 heteroatoms. The van der Waals surface area contributed by atoms with Crippen LogP contribution in [-0.2, 0) is 13.0 Å². The molecule has 2 saturated heterocycles. The van der Waals surface area contributed by atoms with Crippen molar-refractivity contribution in [3.8, 4) is 11.8 Å². The second-order valence-corrected chi connectivity index (χ2v) is 15.5. The van der Waals surface area contributed by atoms with Gasteiger partial charge in [-0.2, -0.15) is 0 Å². The lowest BCUT2D eigenvalue weighted by atomic mass is 9.78. The maximum absolute atomic E-state index is 14.0. The van der Waals surface area contributed by atoms with Crippen LogP contribution in [-0.4, -0.2) is 93.9 Å². The number of fused-ring (bicyclic) bond motifs is 6. The highest BCUT2D eigenvalue weighted by molar-refractivity contribution is 5.75. The Balaban J connectivity index is 0.935. The second kappa shape index (κ2) is 11.9. The third-order valence-electron chi connectivity index (χ3n) is 13.2. The highest BCUT2D eigenvalue weighted by Gasteiger charge is 2.56. The quantitative estimate of drug-likeness (QED) is 0.402. The SMILES string of the molecule is CC1C2CC(c3c2c(O)n(C[C@@H]2CCCC[C@H]2CN2CCC(N4CCc5ccc(F)cc54)CC2)c3O)C1N(C)C(=O)N1CCCC1. The number of aromatic hydroxyl groups is 2. The number of carbonyl (C=O) groups is 1. The van der Waals surface area contributed by atoms with Gasteiger partial charge in [-0.15, -0.1) is 0 Å². The van der Waals surface area contributed by atoms with Crippen molar-refractivity contribution in [2.75, 3.05) is 51.2 Å². The first-order valence-electron chi connectivity index (χ1n) is 18.2. The molecule has 3 aliphatic heterocycles. The summed E-state index contributed by atoms with van der Waals surface area (Å²) < 4.78 is 15.9. The van der Waals surface area contributed by atoms with E-state index in [1.54, 1.807) is 12.1 Å². The smallest absolute Gasteiger partial charge is 0.320 e. The van der Waals surface area contributed by atoms with E-state index in [0.717, 1.165) is 101 Å². The fraction of sp³-hybridized carbons (Fsp3) is 0.703. The molecule has 3 aliphatic carbocycles. The number of rotatable bonds is 6. The number of anilines is 1. The number of nitrogens with zero attached hydrogens (tertiary/aromatic N) is 5. The molecule has 4 fully saturated rings. The van der Waals surface area contributed by atoms with Crippen molar-refractivity contribution in [1.82, 2.24) is 19.3 Å². The zero-order valence-electron chi connectivity index (χ0n) is 27.7. The number of aromatic nitrogens is 1. The summed E-state index contributed by atoms with van der Waals surface area (Å²) in [6.07, 6.45) is 11.0. The number of halogens is 1. The van der Waals surface area contributed by atoms with Gasteiger partial charge in [0.2, 0.25) is 0 Å². The Morgan fingerprint density at radius 3 is 2.28 bits per heavy atom. The molecule has 2 N–H and O–H groups in total. The Labute approximate surface area is 273 Å². The van der Waals surface area contributed by atoms with Crippen molar-refractivity contribution in [2.45, 2.75) is 102 Å². The fourth-order valence-corrected chi connectivity index (χ4v) is 10.8. The molecule has 4 unspecified atom stereocenters. The zero-order valence-corrected chi connectivity index (χ0v) is 27.7. The van der Waals surface area contributed by atoms with Crippen LogP contribution in [0, 0.1) is 23.6 Å². The molecule has 1 aromatic carbocycles. The van der Waals surface area contributed by atoms with E-state index in [9.17, 15) is 19.4 Å². The molecule has 6 aliphatic rings. The number of likely N-dealkylation sites (N-methyl/N-ethyl adjacent to an activating group) is 1. The van der Waals surface area contributed by atoms with Crippen LogP contribution in [0.2, 0.25) is 0 Å². The minimum absolute atomic E-state index is 0.0465. The summed E-state index contributed by atoms with van der Waals surface area (Å²) in [7, 11) is 1.94. The molecular formula is C37H52FN5O3. The normalized spacial score (nSPS) is 31.1. The number of urea groups is 1. The van der Waals surface area contributed by atoms with Gasteiger partial charge in [0.15, 0.2) is 11.8 Å². The van der Waals surface area contributed by atoms with Gasteiger partial charge in [-0.3, -0.25) is 4.57 Å². The van der Waals surface area contributed by atoms with Gasteiger partial charge in [0.05, 0.1) is 0 Å². The zero-order chi connectivity index (χ0) is 31.7. The van der Waals surface area contributed by atoms with Crippen LogP contribution in [0.15, 0.2) is 18.2 Å². The maximum Gasteiger partial charge on any atom is 0.320 e. The van der Waals surface area contributed by atoms with Crippen LogP contribution in [0.3, 0.4) is 0 Å². The Morgan fingerprint density at radius 2 is 1.57 bits per heavy atom. The molecule has 250 valence electrons. The van der Waals surface area contributed by atoms with Crippen molar-refractivity contribution < 1.29 is 19.4 Å². The third kappa shape index (κ3) is 4.98. The summed E-state index contributed by atoms with van der Waals surface area (Å²) in [5, 5.41) is 23.3. The van der Waals surface area contributed by atoms with Gasteiger partial charge in [0, 0.05) is 87.7 Å². The summed E-state index contributed by atoms with van der Waals surface area (Å²) >= 11 is 0. The van der Waals surface area contributed by atoms with Gasteiger partial charge in [0.1, 0.15) is 5.82 Å². The molecule has 2 saturated carbocycles. The number of hydrogen-bond donors (Lipinski definition) is 2. The maximum atomic E-state index is 14.0. The molecule has 2 amide bonds. The lowest BCUT2D eigenvalue weighted by Crippen LogP contribution is -2.48. The number of amides is 2. The van der Waals surface area contributed by atoms with Crippen LogP contribution in [0.25, 0.3) is 0 Å². The van der Waals surface area contributed by atoms with E-state index in [4.69, 9.17) is 0 Å². The highest BCUT2D eigenvalue weighted by Crippen LogP contribution is 2.63. The summed E-state index contributed by atoms with van der Waals surface area (Å²) in [5.41, 5.74) is 4.23. The van der Waals surface area contributed by atoms with E-state index in [1.807, 2.05) is 27.5 Å². The van der Waals surface area contributed by atoms with Crippen LogP contribution in [0.4, 0.5) is 14.9 Å². The minimum Gasteiger partial charge on any atom is -0.494 e. The van der Waals surface area contributed by atoms with Crippen LogP contribution in [0.5, 0.6) is 11.8 Å². The van der Waals surface area contributed by atoms with Gasteiger partial charge >= 0.3 is 6.03 Å². The molecule has 2 bridgehead atoms. The molecule has 46 heavy (non-hydrogen) atoms. The van der Waals surface area contributed by atoms with Crippen molar-refractivity contribution in [3.63, 3.8) is 0 Å². The molecule has 0 spiro atoms. The highest BCUT2D eigenvalue weighted by atomic mass is 19.1. The molecule has 2 aromatic rings. The van der Waals surface area contributed by atoms with E-state index in [0.29, 0.717) is 24.4 Å². The first-order valence-corrected chi connectivity index (χ1v) is 18.2. The molecule has 0 radical (unpaired) electrons. The van der Waals surface area contributed by atoms with Crippen LogP contribution >= 0.6 is 0 Å². The van der Waals surface area contributed by atoms with Gasteiger partial charge in [0.25, 0.3) is 0 Å². The summed E-state index contributed by atoms with van der Waals surface area (Å²) in [6.45, 7) is 8.74. The van der Waals surface area contributed by atoms with Crippen LogP contribution in [0.1, 0.15) is 93.2 Å². The topological polar surface area (TPSA) is 75.4 Å². The minimum atomic E-state index is -0.140. The molecule has 1 aromatic heterocycles. The predicted octanol–water partition coefficient (Wildman–Crippen LogP) is 6.11. The molecule has 8 nitrogen and oxygen atoms in total. The average Bonchev–Trinajstić information content (AvgIpc) is 3.89. The summed E-state index contributed by atoms with van der Waals surface area (Å²) in [6, 6.07) is 5.90. The molecule has 8 rings (SSSR count). The number of benzene rings is 1. The fourth-order valence-electron chi connectivity index (χ4n) is 10.8. The first-order chi connectivity index (χ1) is 22.3. The van der Waals surface area contributed by atoms with E-state index >= 15 is 0 Å². The van der Waals surface area contributed by atoms with Gasteiger partial charge in [-0.25, -0.2) is 9.18 Å². The second-order valence-electron chi connectivity index (χ2n) is 15.5. The van der Waals surface area contributed by atoms with Crippen molar-refractivity contribution in [1.29, 1.82) is 0 Å². The largest absolute Gasteiger partial charge is 0.494 e. The lowest BCUT2D eigenvalue weighted by molar-refractivity contribution is 0.116. The molecular weight excluding hydrogens is 581 g/mol. The van der Waals surface area contributed by atoms with Gasteiger partial charge in [-0.1, -0.05) is 25.8 Å². The van der Waals surface area contributed by atoms with E-state index in [-0.39, 0.29) is 47.4 Å². The Hall–Kier alpha value is -2.94. The Bertz CT molecular complexity index is 1460. The predicted molar refractivity (Wildman–Crippen MR) is 177 cm³/mol. The van der Waals surface area contributed by atoms with E-state index in [1.165, 1.54) is 24.8 Å². The Kier molecular flexibility index (Phi) is 7.89. The summed E-state index contributed by atoms with van der Waals surface area (Å²) in [5.74, 6) is 1.81. The average molecular weight is 634 g/mol. The third-order valence-corrected chi connectivity index (χ3v) is 13.2. The standard InChI is InChI=1S/C37H52FN5O3/c1-23-29-20-30(34(23)39(2)37(46)41-14-5-6-15-41)33-32(29)35(44)43(36(33)45)22-26-8-4-3-7-25(26)21-40-16-12-28(13-17-40)42-18-11-24-9-10-27(38)19-31(24)42/h9-10,19,23,25-26,28-30,34,44-45H,3-8,11-18,20-22H2,1-2H3/t23?,25-,26-,29?,30?,34?/m0/s1. The molecule has 6 atom stereocenters. The van der Waals surface area contributed by atoms with Crippen molar-refractivity contribution in [3.05, 3.63) is 40.7 Å². The number of piperidine rings is 1. The van der Waals surface area contributed by atoms with E-state index < -0.39 is 0 Å². The van der Waals surface area contributed by atoms with Gasteiger partial charge < -0.3 is 29.8 Å². The lowest BCUT2D eigenvalue weighted by Gasteiger charge is -2.41. The molecule has 4 heterocycles. The van der Waals surface area contributed by atoms with Crippen molar-refractivity contribution in [2.24, 2.45) is 17.8 Å².